The van der Waals surface area contributed by atoms with Crippen LogP contribution in [0, 0.1) is 0 Å². The number of hydrogen-bond acceptors (Lipinski definition) is 4. The van der Waals surface area contributed by atoms with Crippen LogP contribution in [0.3, 0.4) is 0 Å². The van der Waals surface area contributed by atoms with E-state index in [0.29, 0.717) is 6.54 Å². The van der Waals surface area contributed by atoms with Crippen LogP contribution in [0.25, 0.3) is 0 Å². The van der Waals surface area contributed by atoms with Gasteiger partial charge in [-0.15, -0.1) is 0 Å². The molecule has 0 aromatic carbocycles. The zero-order chi connectivity index (χ0) is 16.1. The van der Waals surface area contributed by atoms with Crippen molar-refractivity contribution in [1.29, 1.82) is 0 Å². The van der Waals surface area contributed by atoms with E-state index in [9.17, 15) is 13.2 Å². The first kappa shape index (κ1) is 18.4. The number of hydrogen-bond donors (Lipinski definition) is 3. The molecule has 1 rings (SSSR count). The fraction of sp³-hybridized carbons (Fsp3) is 0.929. The van der Waals surface area contributed by atoms with Crippen molar-refractivity contribution in [3.8, 4) is 0 Å². The van der Waals surface area contributed by atoms with Crippen LogP contribution in [0.1, 0.15) is 52.9 Å². The van der Waals surface area contributed by atoms with E-state index in [0.717, 1.165) is 19.1 Å². The van der Waals surface area contributed by atoms with Gasteiger partial charge in [-0.1, -0.05) is 19.3 Å². The molecule has 21 heavy (non-hydrogen) atoms. The van der Waals surface area contributed by atoms with Gasteiger partial charge in [0.1, 0.15) is 0 Å². The van der Waals surface area contributed by atoms with E-state index in [1.165, 1.54) is 19.3 Å². The highest BCUT2D eigenvalue weighted by atomic mass is 32.2. The molecule has 0 radical (unpaired) electrons. The van der Waals surface area contributed by atoms with Crippen molar-refractivity contribution in [1.82, 2.24) is 15.4 Å². The first-order valence-corrected chi connectivity index (χ1v) is 9.51. The minimum atomic E-state index is -3.26. The normalized spacial score (nSPS) is 19.2. The highest BCUT2D eigenvalue weighted by Crippen LogP contribution is 2.17. The smallest absolute Gasteiger partial charge is 0.237 e. The molecule has 0 aliphatic heterocycles. The molecule has 0 aromatic heterocycles. The van der Waals surface area contributed by atoms with Gasteiger partial charge in [-0.2, -0.15) is 0 Å². The van der Waals surface area contributed by atoms with Crippen molar-refractivity contribution in [3.63, 3.8) is 0 Å². The van der Waals surface area contributed by atoms with Gasteiger partial charge in [0.2, 0.25) is 15.9 Å². The Morgan fingerprint density at radius 3 is 2.33 bits per heavy atom. The summed E-state index contributed by atoms with van der Waals surface area (Å²) < 4.78 is 25.1. The van der Waals surface area contributed by atoms with Gasteiger partial charge in [-0.05, 0) is 33.6 Å². The Bertz CT molecular complexity index is 442. The first-order valence-electron chi connectivity index (χ1n) is 7.62. The van der Waals surface area contributed by atoms with Crippen molar-refractivity contribution in [2.24, 2.45) is 0 Å². The summed E-state index contributed by atoms with van der Waals surface area (Å²) in [7, 11) is -3.26. The summed E-state index contributed by atoms with van der Waals surface area (Å²) in [5.41, 5.74) is -0.632. The molecule has 0 bridgehead atoms. The zero-order valence-corrected chi connectivity index (χ0v) is 14.3. The molecule has 1 aliphatic carbocycles. The fourth-order valence-electron chi connectivity index (χ4n) is 2.61. The lowest BCUT2D eigenvalue weighted by molar-refractivity contribution is -0.123. The third-order valence-electron chi connectivity index (χ3n) is 3.66. The third kappa shape index (κ3) is 7.78. The molecular formula is C14H29N3O3S. The molecule has 1 amide bonds. The van der Waals surface area contributed by atoms with Gasteiger partial charge >= 0.3 is 0 Å². The van der Waals surface area contributed by atoms with Gasteiger partial charge in [0, 0.05) is 18.1 Å². The predicted molar refractivity (Wildman–Crippen MR) is 84.5 cm³/mol. The summed E-state index contributed by atoms with van der Waals surface area (Å²) in [6.45, 7) is 5.76. The topological polar surface area (TPSA) is 87.3 Å². The van der Waals surface area contributed by atoms with Gasteiger partial charge in [-0.3, -0.25) is 4.79 Å². The van der Waals surface area contributed by atoms with E-state index in [1.807, 2.05) is 0 Å². The summed E-state index contributed by atoms with van der Waals surface area (Å²) in [5.74, 6) is -0.0166. The molecule has 1 atom stereocenters. The summed E-state index contributed by atoms with van der Waals surface area (Å²) in [5, 5.41) is 6.16. The Kier molecular flexibility index (Phi) is 6.62. The lowest BCUT2D eigenvalue weighted by atomic mass is 9.95. The lowest BCUT2D eigenvalue weighted by Gasteiger charge is -2.28. The minimum absolute atomic E-state index is 0.0166. The van der Waals surface area contributed by atoms with E-state index >= 15 is 0 Å². The van der Waals surface area contributed by atoms with Gasteiger partial charge in [-0.25, -0.2) is 13.1 Å². The van der Waals surface area contributed by atoms with Crippen molar-refractivity contribution < 1.29 is 13.2 Å². The van der Waals surface area contributed by atoms with Crippen LogP contribution in [0.5, 0.6) is 0 Å². The second-order valence-corrected chi connectivity index (χ2v) is 8.45. The highest BCUT2D eigenvalue weighted by Gasteiger charge is 2.25. The van der Waals surface area contributed by atoms with Gasteiger partial charge in [0.05, 0.1) is 12.3 Å². The molecule has 3 N–H and O–H groups in total. The Morgan fingerprint density at radius 1 is 1.24 bits per heavy atom. The maximum atomic E-state index is 12.1. The Balaban J connectivity index is 2.37. The summed E-state index contributed by atoms with van der Waals surface area (Å²) in [6.07, 6.45) is 6.86. The molecular weight excluding hydrogens is 290 g/mol. The maximum absolute atomic E-state index is 12.1. The minimum Gasteiger partial charge on any atom is -0.352 e. The van der Waals surface area contributed by atoms with E-state index in [-0.39, 0.29) is 18.0 Å². The quantitative estimate of drug-likeness (QED) is 0.646. The Hall–Kier alpha value is -0.660. The van der Waals surface area contributed by atoms with Crippen molar-refractivity contribution in [2.45, 2.75) is 70.5 Å². The standard InChI is InChI=1S/C14H29N3O3S/c1-11(13(18)16-12-8-6-5-7-9-12)15-10-14(2,3)17-21(4,19)20/h11-12,15,17H,5-10H2,1-4H3,(H,16,18). The molecule has 6 nitrogen and oxygen atoms in total. The SMILES string of the molecule is CC(NCC(C)(C)NS(C)(=O)=O)C(=O)NC1CCCCC1. The average molecular weight is 319 g/mol. The van der Waals surface area contributed by atoms with E-state index in [4.69, 9.17) is 0 Å². The van der Waals surface area contributed by atoms with Crippen molar-refractivity contribution in [3.05, 3.63) is 0 Å². The van der Waals surface area contributed by atoms with E-state index in [2.05, 4.69) is 15.4 Å². The van der Waals surface area contributed by atoms with E-state index < -0.39 is 15.6 Å². The van der Waals surface area contributed by atoms with Crippen LogP contribution in [0.4, 0.5) is 0 Å². The van der Waals surface area contributed by atoms with Crippen molar-refractivity contribution >= 4 is 15.9 Å². The average Bonchev–Trinajstić information content (AvgIpc) is 2.34. The fourth-order valence-corrected chi connectivity index (χ4v) is 3.69. The number of carbonyl (C=O) groups excluding carboxylic acids is 1. The highest BCUT2D eigenvalue weighted by molar-refractivity contribution is 7.88. The van der Waals surface area contributed by atoms with Crippen LogP contribution in [-0.2, 0) is 14.8 Å². The van der Waals surface area contributed by atoms with Crippen LogP contribution in [0.2, 0.25) is 0 Å². The van der Waals surface area contributed by atoms with Crippen molar-refractivity contribution in [2.75, 3.05) is 12.8 Å². The third-order valence-corrected chi connectivity index (χ3v) is 4.58. The summed E-state index contributed by atoms with van der Waals surface area (Å²) in [4.78, 5) is 12.1. The molecule has 0 saturated heterocycles. The molecule has 0 heterocycles. The van der Waals surface area contributed by atoms with E-state index in [1.54, 1.807) is 20.8 Å². The zero-order valence-electron chi connectivity index (χ0n) is 13.5. The molecule has 1 saturated carbocycles. The first-order chi connectivity index (χ1) is 9.59. The number of sulfonamides is 1. The second-order valence-electron chi connectivity index (χ2n) is 6.70. The van der Waals surface area contributed by atoms with Crippen LogP contribution in [-0.4, -0.2) is 44.7 Å². The van der Waals surface area contributed by atoms with Gasteiger partial charge < -0.3 is 10.6 Å². The largest absolute Gasteiger partial charge is 0.352 e. The Labute approximate surface area is 128 Å². The monoisotopic (exact) mass is 319 g/mol. The molecule has 0 aromatic rings. The summed E-state index contributed by atoms with van der Waals surface area (Å²) >= 11 is 0. The van der Waals surface area contributed by atoms with Crippen LogP contribution < -0.4 is 15.4 Å². The molecule has 1 fully saturated rings. The Morgan fingerprint density at radius 2 is 1.81 bits per heavy atom. The molecule has 1 unspecified atom stereocenters. The van der Waals surface area contributed by atoms with Crippen LogP contribution >= 0.6 is 0 Å². The predicted octanol–water partition coefficient (Wildman–Crippen LogP) is 0.741. The van der Waals surface area contributed by atoms with Gasteiger partial charge in [0.15, 0.2) is 0 Å². The second kappa shape index (κ2) is 7.56. The summed E-state index contributed by atoms with van der Waals surface area (Å²) in [6, 6.07) is -0.0507. The molecule has 0 spiro atoms. The molecule has 124 valence electrons. The maximum Gasteiger partial charge on any atom is 0.237 e. The van der Waals surface area contributed by atoms with Gasteiger partial charge in [0.25, 0.3) is 0 Å². The number of rotatable bonds is 7. The number of amides is 1. The number of carbonyl (C=O) groups is 1. The molecule has 1 aliphatic rings. The lowest BCUT2D eigenvalue weighted by Crippen LogP contribution is -2.54. The molecule has 7 heteroatoms. The van der Waals surface area contributed by atoms with Crippen LogP contribution in [0.15, 0.2) is 0 Å². The number of nitrogens with one attached hydrogen (secondary N) is 3.